The summed E-state index contributed by atoms with van der Waals surface area (Å²) in [6, 6.07) is 11.8. The van der Waals surface area contributed by atoms with Crippen LogP contribution in [0.1, 0.15) is 23.6 Å². The van der Waals surface area contributed by atoms with Crippen LogP contribution in [0, 0.1) is 13.8 Å². The Morgan fingerprint density at radius 2 is 1.73 bits per heavy atom. The average Bonchev–Trinajstić information content (AvgIpc) is 2.47. The van der Waals surface area contributed by atoms with Crippen LogP contribution in [0.4, 0.5) is 5.69 Å². The topological polar surface area (TPSA) is 38.3 Å². The number of hydrogen-bond acceptors (Lipinski definition) is 2. The van der Waals surface area contributed by atoms with Crippen molar-refractivity contribution in [3.05, 3.63) is 57.6 Å². The van der Waals surface area contributed by atoms with E-state index in [1.54, 1.807) is 0 Å². The monoisotopic (exact) mass is 361 g/mol. The number of anilines is 1. The minimum Gasteiger partial charge on any atom is -0.483 e. The summed E-state index contributed by atoms with van der Waals surface area (Å²) in [6.07, 6.45) is 0.986. The standard InChI is InChI=1S/C18H20BrNO2/c1-4-14-5-7-16(8-6-14)20-17(21)11-22-18-12(2)9-15(19)10-13(18)3/h5-10H,4,11H2,1-3H3,(H,20,21). The lowest BCUT2D eigenvalue weighted by molar-refractivity contribution is -0.118. The third-order valence-corrected chi connectivity index (χ3v) is 3.88. The molecule has 22 heavy (non-hydrogen) atoms. The maximum Gasteiger partial charge on any atom is 0.262 e. The second-order valence-corrected chi connectivity index (χ2v) is 6.17. The van der Waals surface area contributed by atoms with E-state index in [9.17, 15) is 4.79 Å². The Morgan fingerprint density at radius 1 is 1.14 bits per heavy atom. The van der Waals surface area contributed by atoms with Gasteiger partial charge in [0.25, 0.3) is 5.91 Å². The van der Waals surface area contributed by atoms with Gasteiger partial charge in [-0.1, -0.05) is 35.0 Å². The van der Waals surface area contributed by atoms with E-state index in [2.05, 4.69) is 28.2 Å². The van der Waals surface area contributed by atoms with Gasteiger partial charge in [0.2, 0.25) is 0 Å². The van der Waals surface area contributed by atoms with Gasteiger partial charge in [-0.15, -0.1) is 0 Å². The van der Waals surface area contributed by atoms with Crippen LogP contribution in [-0.2, 0) is 11.2 Å². The molecule has 2 aromatic rings. The predicted octanol–water partition coefficient (Wildman–Crippen LogP) is 4.65. The maximum atomic E-state index is 12.0. The molecule has 0 radical (unpaired) electrons. The highest BCUT2D eigenvalue weighted by Gasteiger charge is 2.09. The van der Waals surface area contributed by atoms with Crippen molar-refractivity contribution >= 4 is 27.5 Å². The van der Waals surface area contributed by atoms with Crippen LogP contribution in [0.15, 0.2) is 40.9 Å². The molecule has 0 saturated heterocycles. The van der Waals surface area contributed by atoms with Crippen molar-refractivity contribution in [2.24, 2.45) is 0 Å². The summed E-state index contributed by atoms with van der Waals surface area (Å²) in [5, 5.41) is 2.84. The minimum atomic E-state index is -0.161. The smallest absolute Gasteiger partial charge is 0.262 e. The molecule has 0 aliphatic heterocycles. The van der Waals surface area contributed by atoms with Crippen LogP contribution >= 0.6 is 15.9 Å². The summed E-state index contributed by atoms with van der Waals surface area (Å²) < 4.78 is 6.68. The summed E-state index contributed by atoms with van der Waals surface area (Å²) in [6.45, 7) is 6.03. The highest BCUT2D eigenvalue weighted by Crippen LogP contribution is 2.27. The lowest BCUT2D eigenvalue weighted by Gasteiger charge is -2.13. The molecule has 0 fully saturated rings. The molecule has 0 atom stereocenters. The summed E-state index contributed by atoms with van der Waals surface area (Å²) >= 11 is 3.45. The molecule has 3 nitrogen and oxygen atoms in total. The molecule has 2 rings (SSSR count). The lowest BCUT2D eigenvalue weighted by atomic mass is 10.1. The highest BCUT2D eigenvalue weighted by atomic mass is 79.9. The van der Waals surface area contributed by atoms with Crippen molar-refractivity contribution in [2.75, 3.05) is 11.9 Å². The van der Waals surface area contributed by atoms with Gasteiger partial charge in [-0.25, -0.2) is 0 Å². The summed E-state index contributed by atoms with van der Waals surface area (Å²) in [7, 11) is 0. The van der Waals surface area contributed by atoms with Crippen molar-refractivity contribution in [3.63, 3.8) is 0 Å². The second-order valence-electron chi connectivity index (χ2n) is 5.26. The number of rotatable bonds is 5. The first-order valence-corrected chi connectivity index (χ1v) is 8.07. The van der Waals surface area contributed by atoms with Gasteiger partial charge in [0.05, 0.1) is 0 Å². The molecule has 116 valence electrons. The van der Waals surface area contributed by atoms with Crippen LogP contribution in [0.25, 0.3) is 0 Å². The Kier molecular flexibility index (Phi) is 5.61. The van der Waals surface area contributed by atoms with Crippen molar-refractivity contribution in [1.82, 2.24) is 0 Å². The van der Waals surface area contributed by atoms with Crippen molar-refractivity contribution in [2.45, 2.75) is 27.2 Å². The van der Waals surface area contributed by atoms with E-state index in [0.29, 0.717) is 0 Å². The van der Waals surface area contributed by atoms with Crippen LogP contribution in [0.3, 0.4) is 0 Å². The fourth-order valence-corrected chi connectivity index (χ4v) is 2.97. The molecule has 1 N–H and O–H groups in total. The molecule has 0 heterocycles. The van der Waals surface area contributed by atoms with E-state index in [4.69, 9.17) is 4.74 Å². The number of hydrogen-bond donors (Lipinski definition) is 1. The molecule has 2 aromatic carbocycles. The molecule has 0 bridgehead atoms. The van der Waals surface area contributed by atoms with E-state index in [1.165, 1.54) is 5.56 Å². The van der Waals surface area contributed by atoms with E-state index >= 15 is 0 Å². The first-order chi connectivity index (χ1) is 10.5. The number of carbonyl (C=O) groups is 1. The van der Waals surface area contributed by atoms with Crippen LogP contribution in [0.2, 0.25) is 0 Å². The summed E-state index contributed by atoms with van der Waals surface area (Å²) in [5.74, 6) is 0.602. The Hall–Kier alpha value is -1.81. The number of nitrogens with one attached hydrogen (secondary N) is 1. The number of aryl methyl sites for hydroxylation is 3. The van der Waals surface area contributed by atoms with Gasteiger partial charge in [0.1, 0.15) is 5.75 Å². The van der Waals surface area contributed by atoms with Crippen LogP contribution in [0.5, 0.6) is 5.75 Å². The highest BCUT2D eigenvalue weighted by molar-refractivity contribution is 9.10. The lowest BCUT2D eigenvalue weighted by Crippen LogP contribution is -2.20. The average molecular weight is 362 g/mol. The van der Waals surface area contributed by atoms with Crippen LogP contribution < -0.4 is 10.1 Å². The molecule has 1 amide bonds. The fraction of sp³-hybridized carbons (Fsp3) is 0.278. The van der Waals surface area contributed by atoms with E-state index < -0.39 is 0 Å². The van der Waals surface area contributed by atoms with Gasteiger partial charge in [-0.05, 0) is 61.2 Å². The van der Waals surface area contributed by atoms with Gasteiger partial charge in [0, 0.05) is 10.2 Å². The first kappa shape index (κ1) is 16.6. The van der Waals surface area contributed by atoms with E-state index in [0.717, 1.165) is 33.5 Å². The zero-order chi connectivity index (χ0) is 16.1. The predicted molar refractivity (Wildman–Crippen MR) is 93.6 cm³/mol. The molecule has 0 aliphatic rings. The summed E-state index contributed by atoms with van der Waals surface area (Å²) in [4.78, 5) is 12.0. The van der Waals surface area contributed by atoms with Crippen molar-refractivity contribution in [1.29, 1.82) is 0 Å². The third kappa shape index (κ3) is 4.34. The SMILES string of the molecule is CCc1ccc(NC(=O)COc2c(C)cc(Br)cc2C)cc1. The van der Waals surface area contributed by atoms with E-state index in [1.807, 2.05) is 50.2 Å². The van der Waals surface area contributed by atoms with Gasteiger partial charge in [-0.2, -0.15) is 0 Å². The quantitative estimate of drug-likeness (QED) is 0.841. The normalized spacial score (nSPS) is 10.4. The van der Waals surface area contributed by atoms with Gasteiger partial charge >= 0.3 is 0 Å². The van der Waals surface area contributed by atoms with Crippen LogP contribution in [-0.4, -0.2) is 12.5 Å². The molecule has 0 saturated carbocycles. The second kappa shape index (κ2) is 7.45. The third-order valence-electron chi connectivity index (χ3n) is 3.42. The zero-order valence-corrected chi connectivity index (χ0v) is 14.7. The molecule has 0 aromatic heterocycles. The number of benzene rings is 2. The van der Waals surface area contributed by atoms with Crippen molar-refractivity contribution in [3.8, 4) is 5.75 Å². The Bertz CT molecular complexity index is 642. The molecule has 4 heteroatoms. The number of carbonyl (C=O) groups excluding carboxylic acids is 1. The maximum absolute atomic E-state index is 12.0. The number of amides is 1. The molecule has 0 unspecified atom stereocenters. The van der Waals surface area contributed by atoms with Gasteiger partial charge in [0.15, 0.2) is 6.61 Å². The molecular formula is C18H20BrNO2. The molecule has 0 aliphatic carbocycles. The molecule has 0 spiro atoms. The Balaban J connectivity index is 1.95. The Morgan fingerprint density at radius 3 is 2.27 bits per heavy atom. The van der Waals surface area contributed by atoms with Crippen molar-refractivity contribution < 1.29 is 9.53 Å². The Labute approximate surface area is 139 Å². The molecular weight excluding hydrogens is 342 g/mol. The van der Waals surface area contributed by atoms with Gasteiger partial charge in [-0.3, -0.25) is 4.79 Å². The van der Waals surface area contributed by atoms with Gasteiger partial charge < -0.3 is 10.1 Å². The first-order valence-electron chi connectivity index (χ1n) is 7.28. The largest absolute Gasteiger partial charge is 0.483 e. The minimum absolute atomic E-state index is 0.00115. The number of halogens is 1. The number of ether oxygens (including phenoxy) is 1. The summed E-state index contributed by atoms with van der Waals surface area (Å²) in [5.41, 5.74) is 4.05. The van der Waals surface area contributed by atoms with E-state index in [-0.39, 0.29) is 12.5 Å². The zero-order valence-electron chi connectivity index (χ0n) is 13.1. The fourth-order valence-electron chi connectivity index (χ4n) is 2.28.